The van der Waals surface area contributed by atoms with Crippen molar-refractivity contribution in [3.63, 3.8) is 0 Å². The predicted octanol–water partition coefficient (Wildman–Crippen LogP) is 4.77. The average molecular weight is 293 g/mol. The molecule has 0 bridgehead atoms. The Morgan fingerprint density at radius 1 is 1.14 bits per heavy atom. The maximum Gasteiger partial charge on any atom is 0.252 e. The molecule has 0 radical (unpaired) electrons. The molecule has 1 aliphatic heterocycles. The molecule has 21 heavy (non-hydrogen) atoms. The van der Waals surface area contributed by atoms with E-state index in [1.54, 1.807) is 19.1 Å². The summed E-state index contributed by atoms with van der Waals surface area (Å²) in [5.74, 6) is -1.65. The number of benzene rings is 1. The number of hydrogen-bond acceptors (Lipinski definition) is 2. The number of nitrogens with zero attached hydrogens (tertiary/aromatic N) is 1. The van der Waals surface area contributed by atoms with E-state index in [1.807, 2.05) is 0 Å². The molecule has 1 aliphatic carbocycles. The molecule has 1 saturated carbocycles. The minimum atomic E-state index is -1.66. The van der Waals surface area contributed by atoms with Gasteiger partial charge in [0.15, 0.2) is 0 Å². The van der Waals surface area contributed by atoms with Crippen LogP contribution in [0.3, 0.4) is 0 Å². The third-order valence-corrected chi connectivity index (χ3v) is 4.61. The summed E-state index contributed by atoms with van der Waals surface area (Å²) in [5.41, 5.74) is 0.307. The lowest BCUT2D eigenvalue weighted by Crippen LogP contribution is -2.46. The molecule has 1 fully saturated rings. The van der Waals surface area contributed by atoms with Crippen molar-refractivity contribution in [2.45, 2.75) is 63.3 Å². The third kappa shape index (κ3) is 2.94. The van der Waals surface area contributed by atoms with Crippen molar-refractivity contribution in [2.24, 2.45) is 4.99 Å². The quantitative estimate of drug-likeness (QED) is 0.769. The van der Waals surface area contributed by atoms with E-state index in [1.165, 1.54) is 18.6 Å². The molecular weight excluding hydrogens is 272 g/mol. The van der Waals surface area contributed by atoms with Crippen LogP contribution in [0.25, 0.3) is 0 Å². The summed E-state index contributed by atoms with van der Waals surface area (Å²) in [6, 6.07) is 5.92. The summed E-state index contributed by atoms with van der Waals surface area (Å²) in [5, 5.41) is 0. The first-order valence-electron chi connectivity index (χ1n) is 7.78. The van der Waals surface area contributed by atoms with E-state index in [2.05, 4.69) is 0 Å². The van der Waals surface area contributed by atoms with Crippen LogP contribution < -0.4 is 0 Å². The first-order chi connectivity index (χ1) is 10.0. The van der Waals surface area contributed by atoms with E-state index in [0.29, 0.717) is 24.3 Å². The van der Waals surface area contributed by atoms with Crippen molar-refractivity contribution in [3.05, 3.63) is 35.6 Å². The van der Waals surface area contributed by atoms with Crippen LogP contribution in [0.2, 0.25) is 0 Å². The number of alkyl halides is 1. The zero-order chi connectivity index (χ0) is 14.9. The topological polar surface area (TPSA) is 21.6 Å². The average Bonchev–Trinajstić information content (AvgIpc) is 2.48. The van der Waals surface area contributed by atoms with Gasteiger partial charge in [0.25, 0.3) is 5.85 Å². The van der Waals surface area contributed by atoms with Gasteiger partial charge in [0.2, 0.25) is 5.90 Å². The number of aliphatic imine (C=N–C) groups is 1. The van der Waals surface area contributed by atoms with Crippen LogP contribution in [0.5, 0.6) is 0 Å². The summed E-state index contributed by atoms with van der Waals surface area (Å²) in [6.45, 7) is 1.80. The molecule has 2 aliphatic rings. The molecule has 1 aromatic rings. The SMILES string of the molecule is CCC1(F)CC2(CCCCC2)N=C(c2ccc(F)cc2)O1. The fourth-order valence-corrected chi connectivity index (χ4v) is 3.39. The standard InChI is InChI=1S/C17H21F2NO/c1-2-17(19)12-16(10-4-3-5-11-16)20-15(21-17)13-6-8-14(18)9-7-13/h6-9H,2-5,10-12H2,1H3. The lowest BCUT2D eigenvalue weighted by molar-refractivity contribution is -0.113. The zero-order valence-electron chi connectivity index (χ0n) is 12.4. The number of ether oxygens (including phenoxy) is 1. The molecule has 0 amide bonds. The Balaban J connectivity index is 1.98. The Bertz CT molecular complexity index is 534. The highest BCUT2D eigenvalue weighted by Gasteiger charge is 2.47. The summed E-state index contributed by atoms with van der Waals surface area (Å²) < 4.78 is 33.6. The lowest BCUT2D eigenvalue weighted by Gasteiger charge is -2.43. The second-order valence-electron chi connectivity index (χ2n) is 6.22. The number of halogens is 2. The number of hydrogen-bond donors (Lipinski definition) is 0. The summed E-state index contributed by atoms with van der Waals surface area (Å²) >= 11 is 0. The summed E-state index contributed by atoms with van der Waals surface area (Å²) in [7, 11) is 0. The molecular formula is C17H21F2NO. The molecule has 1 unspecified atom stereocenters. The van der Waals surface area contributed by atoms with Gasteiger partial charge in [0.1, 0.15) is 5.82 Å². The first-order valence-corrected chi connectivity index (χ1v) is 7.78. The molecule has 0 N–H and O–H groups in total. The molecule has 0 saturated heterocycles. The van der Waals surface area contributed by atoms with Gasteiger partial charge in [-0.2, -0.15) is 4.39 Å². The van der Waals surface area contributed by atoms with Gasteiger partial charge in [-0.15, -0.1) is 0 Å². The summed E-state index contributed by atoms with van der Waals surface area (Å²) in [4.78, 5) is 4.75. The fraction of sp³-hybridized carbons (Fsp3) is 0.588. The second kappa shape index (κ2) is 5.39. The maximum atomic E-state index is 15.0. The van der Waals surface area contributed by atoms with Gasteiger partial charge in [0.05, 0.1) is 5.54 Å². The van der Waals surface area contributed by atoms with Gasteiger partial charge in [-0.1, -0.05) is 26.2 Å². The van der Waals surface area contributed by atoms with Gasteiger partial charge in [-0.3, -0.25) is 0 Å². The smallest absolute Gasteiger partial charge is 0.252 e. The van der Waals surface area contributed by atoms with Crippen LogP contribution in [0.15, 0.2) is 29.3 Å². The monoisotopic (exact) mass is 293 g/mol. The van der Waals surface area contributed by atoms with Gasteiger partial charge < -0.3 is 4.74 Å². The Labute approximate surface area is 124 Å². The Morgan fingerprint density at radius 3 is 2.43 bits per heavy atom. The summed E-state index contributed by atoms with van der Waals surface area (Å²) in [6.07, 6.45) is 5.81. The van der Waals surface area contributed by atoms with E-state index in [-0.39, 0.29) is 11.4 Å². The fourth-order valence-electron chi connectivity index (χ4n) is 3.39. The molecule has 114 valence electrons. The minimum absolute atomic E-state index is 0.301. The van der Waals surface area contributed by atoms with Gasteiger partial charge in [0, 0.05) is 18.4 Å². The van der Waals surface area contributed by atoms with E-state index >= 15 is 0 Å². The molecule has 2 nitrogen and oxygen atoms in total. The lowest BCUT2D eigenvalue weighted by atomic mass is 9.76. The van der Waals surface area contributed by atoms with Crippen molar-refractivity contribution >= 4 is 5.90 Å². The van der Waals surface area contributed by atoms with E-state index in [9.17, 15) is 8.78 Å². The van der Waals surface area contributed by atoms with Crippen molar-refractivity contribution < 1.29 is 13.5 Å². The molecule has 3 rings (SSSR count). The molecule has 1 atom stereocenters. The molecule has 1 spiro atoms. The number of rotatable bonds is 2. The largest absolute Gasteiger partial charge is 0.440 e. The molecule has 4 heteroatoms. The van der Waals surface area contributed by atoms with Crippen molar-refractivity contribution in [3.8, 4) is 0 Å². The van der Waals surface area contributed by atoms with E-state index in [0.717, 1.165) is 25.7 Å². The van der Waals surface area contributed by atoms with Crippen LogP contribution in [-0.4, -0.2) is 17.3 Å². The van der Waals surface area contributed by atoms with Crippen LogP contribution in [0.1, 0.15) is 57.4 Å². The zero-order valence-corrected chi connectivity index (χ0v) is 12.4. The van der Waals surface area contributed by atoms with Crippen LogP contribution in [-0.2, 0) is 4.74 Å². The molecule has 0 aromatic heterocycles. The van der Waals surface area contributed by atoms with Crippen LogP contribution >= 0.6 is 0 Å². The van der Waals surface area contributed by atoms with Crippen LogP contribution in [0.4, 0.5) is 8.78 Å². The van der Waals surface area contributed by atoms with Gasteiger partial charge in [-0.05, 0) is 37.1 Å². The van der Waals surface area contributed by atoms with Gasteiger partial charge in [-0.25, -0.2) is 9.38 Å². The Hall–Kier alpha value is -1.45. The predicted molar refractivity (Wildman–Crippen MR) is 78.6 cm³/mol. The molecule has 1 heterocycles. The maximum absolute atomic E-state index is 15.0. The normalized spacial score (nSPS) is 28.0. The molecule has 1 aromatic carbocycles. The Kier molecular flexibility index (Phi) is 3.72. The van der Waals surface area contributed by atoms with Gasteiger partial charge >= 0.3 is 0 Å². The van der Waals surface area contributed by atoms with Crippen LogP contribution in [0, 0.1) is 5.82 Å². The second-order valence-corrected chi connectivity index (χ2v) is 6.22. The van der Waals surface area contributed by atoms with E-state index in [4.69, 9.17) is 9.73 Å². The van der Waals surface area contributed by atoms with Crippen molar-refractivity contribution in [2.75, 3.05) is 0 Å². The third-order valence-electron chi connectivity index (χ3n) is 4.61. The highest BCUT2D eigenvalue weighted by molar-refractivity contribution is 5.95. The minimum Gasteiger partial charge on any atom is -0.440 e. The highest BCUT2D eigenvalue weighted by atomic mass is 19.2. The highest BCUT2D eigenvalue weighted by Crippen LogP contribution is 2.44. The van der Waals surface area contributed by atoms with E-state index < -0.39 is 5.85 Å². The first kappa shape index (κ1) is 14.5. The van der Waals surface area contributed by atoms with Crippen molar-refractivity contribution in [1.82, 2.24) is 0 Å². The van der Waals surface area contributed by atoms with Crippen molar-refractivity contribution in [1.29, 1.82) is 0 Å². The Morgan fingerprint density at radius 2 is 1.81 bits per heavy atom.